The number of aliphatic imine (C=N–C) groups is 1. The lowest BCUT2D eigenvalue weighted by molar-refractivity contribution is 0.253. The van der Waals surface area contributed by atoms with Gasteiger partial charge in [0.05, 0.1) is 17.4 Å². The molecular weight excluding hydrogens is 418 g/mol. The summed E-state index contributed by atoms with van der Waals surface area (Å²) in [4.78, 5) is 4.61. The number of hydrogen-bond acceptors (Lipinski definition) is 4. The van der Waals surface area contributed by atoms with Crippen molar-refractivity contribution in [2.24, 2.45) is 4.99 Å². The van der Waals surface area contributed by atoms with Gasteiger partial charge in [-0.25, -0.2) is 0 Å². The Balaban J connectivity index is 2.09. The van der Waals surface area contributed by atoms with E-state index >= 15 is 0 Å². The van der Waals surface area contributed by atoms with E-state index in [2.05, 4.69) is 22.9 Å². The van der Waals surface area contributed by atoms with Gasteiger partial charge < -0.3 is 10.8 Å². The number of halogens is 1. The molecule has 0 heterocycles. The van der Waals surface area contributed by atoms with Crippen LogP contribution in [0, 0.1) is 23.2 Å². The highest BCUT2D eigenvalue weighted by atomic mass is 35.5. The molecule has 0 amide bonds. The van der Waals surface area contributed by atoms with Gasteiger partial charge in [0, 0.05) is 33.1 Å². The van der Waals surface area contributed by atoms with Crippen LogP contribution < -0.4 is 5.73 Å². The lowest BCUT2D eigenvalue weighted by atomic mass is 9.97. The monoisotopic (exact) mass is 439 g/mol. The standard InChI is InChI=1S/C27H22ClN3O/c1-18(17-29)7-5-3-4-6-14-31-27-23-12-10-20(9-8-19(2)32)15-24(23)25-16-21(28)11-13-22(25)26(27)30/h3-7,10-16,19,32H,30H2,1-2H3/b5-3-,6-4+,18-7+,31-14?. The normalized spacial score (nSPS) is 13.2. The van der Waals surface area contributed by atoms with Crippen molar-refractivity contribution in [1.29, 1.82) is 5.26 Å². The van der Waals surface area contributed by atoms with E-state index in [4.69, 9.17) is 22.6 Å². The number of fused-ring (bicyclic) bond motifs is 3. The molecule has 0 bridgehead atoms. The minimum atomic E-state index is -0.705. The number of nitrogens with two attached hydrogens (primary N) is 1. The second kappa shape index (κ2) is 10.5. The fourth-order valence-corrected chi connectivity index (χ4v) is 3.33. The van der Waals surface area contributed by atoms with Crippen molar-refractivity contribution in [2.75, 3.05) is 5.73 Å². The molecule has 0 spiro atoms. The van der Waals surface area contributed by atoms with Crippen molar-refractivity contribution in [2.45, 2.75) is 20.0 Å². The Morgan fingerprint density at radius 3 is 2.53 bits per heavy atom. The van der Waals surface area contributed by atoms with E-state index < -0.39 is 6.10 Å². The van der Waals surface area contributed by atoms with Crippen LogP contribution in [0.3, 0.4) is 0 Å². The number of nitrogen functional groups attached to an aromatic ring is 1. The first-order chi connectivity index (χ1) is 15.4. The third-order valence-corrected chi connectivity index (χ3v) is 4.90. The first-order valence-corrected chi connectivity index (χ1v) is 10.4. The SMILES string of the molecule is C\C(C#N)=C/C=C\C=C\C=Nc1c(N)c2ccc(Cl)cc2c2cc(C#CC(C)O)ccc12. The second-order valence-electron chi connectivity index (χ2n) is 7.17. The van der Waals surface area contributed by atoms with Crippen molar-refractivity contribution >= 4 is 50.7 Å². The van der Waals surface area contributed by atoms with Gasteiger partial charge in [0.15, 0.2) is 0 Å². The Morgan fingerprint density at radius 1 is 1.06 bits per heavy atom. The molecule has 3 N–H and O–H groups in total. The van der Waals surface area contributed by atoms with Gasteiger partial charge in [-0.2, -0.15) is 5.26 Å². The summed E-state index contributed by atoms with van der Waals surface area (Å²) in [6.45, 7) is 3.37. The average molecular weight is 440 g/mol. The number of aliphatic hydroxyl groups excluding tert-OH is 1. The third-order valence-electron chi connectivity index (χ3n) is 4.66. The molecule has 0 aromatic heterocycles. The van der Waals surface area contributed by atoms with Crippen LogP contribution in [0.1, 0.15) is 19.4 Å². The Bertz CT molecular complexity index is 1390. The highest BCUT2D eigenvalue weighted by Gasteiger charge is 2.12. The van der Waals surface area contributed by atoms with Gasteiger partial charge in [0.25, 0.3) is 0 Å². The number of nitriles is 1. The van der Waals surface area contributed by atoms with E-state index in [1.807, 2.05) is 42.5 Å². The molecule has 0 saturated heterocycles. The van der Waals surface area contributed by atoms with Gasteiger partial charge >= 0.3 is 0 Å². The number of allylic oxidation sites excluding steroid dienone is 6. The van der Waals surface area contributed by atoms with Crippen molar-refractivity contribution in [3.8, 4) is 17.9 Å². The summed E-state index contributed by atoms with van der Waals surface area (Å²) < 4.78 is 0. The van der Waals surface area contributed by atoms with Gasteiger partial charge in [-0.1, -0.05) is 53.8 Å². The Labute approximate surface area is 192 Å². The lowest BCUT2D eigenvalue weighted by Crippen LogP contribution is -1.93. The summed E-state index contributed by atoms with van der Waals surface area (Å²) in [5.41, 5.74) is 9.14. The van der Waals surface area contributed by atoms with E-state index in [0.29, 0.717) is 22.0 Å². The largest absolute Gasteiger partial charge is 0.396 e. The van der Waals surface area contributed by atoms with E-state index in [9.17, 15) is 5.11 Å². The zero-order chi connectivity index (χ0) is 23.1. The first-order valence-electron chi connectivity index (χ1n) is 9.99. The summed E-state index contributed by atoms with van der Waals surface area (Å²) >= 11 is 6.26. The van der Waals surface area contributed by atoms with Crippen molar-refractivity contribution in [1.82, 2.24) is 0 Å². The van der Waals surface area contributed by atoms with Gasteiger partial charge in [-0.05, 0) is 61.0 Å². The molecule has 32 heavy (non-hydrogen) atoms. The molecule has 0 aliphatic rings. The molecule has 0 saturated carbocycles. The van der Waals surface area contributed by atoms with Crippen LogP contribution in [0.4, 0.5) is 11.4 Å². The number of benzene rings is 3. The minimum absolute atomic E-state index is 0.569. The first kappa shape index (κ1) is 22.8. The Morgan fingerprint density at radius 2 is 1.78 bits per heavy atom. The van der Waals surface area contributed by atoms with E-state index in [1.54, 1.807) is 44.4 Å². The number of anilines is 1. The fourth-order valence-electron chi connectivity index (χ4n) is 3.16. The number of rotatable bonds is 4. The van der Waals surface area contributed by atoms with Crippen molar-refractivity contribution in [3.05, 3.63) is 82.9 Å². The van der Waals surface area contributed by atoms with Crippen LogP contribution in [0.25, 0.3) is 21.5 Å². The minimum Gasteiger partial charge on any atom is -0.396 e. The van der Waals surface area contributed by atoms with Crippen LogP contribution in [-0.2, 0) is 0 Å². The molecule has 5 heteroatoms. The smallest absolute Gasteiger partial charge is 0.112 e. The molecule has 3 aromatic rings. The molecule has 1 unspecified atom stereocenters. The summed E-state index contributed by atoms with van der Waals surface area (Å²) in [7, 11) is 0. The molecule has 3 rings (SSSR count). The average Bonchev–Trinajstić information content (AvgIpc) is 2.78. The fraction of sp³-hybridized carbons (Fsp3) is 0.111. The summed E-state index contributed by atoms with van der Waals surface area (Å²) in [5, 5.41) is 22.4. The molecule has 0 aliphatic heterocycles. The maximum absolute atomic E-state index is 9.47. The summed E-state index contributed by atoms with van der Waals surface area (Å²) in [6, 6.07) is 13.4. The number of aliphatic hydroxyl groups is 1. The molecule has 4 nitrogen and oxygen atoms in total. The predicted octanol–water partition coefficient (Wildman–Crippen LogP) is 6.25. The van der Waals surface area contributed by atoms with Gasteiger partial charge in [-0.15, -0.1) is 0 Å². The maximum Gasteiger partial charge on any atom is 0.112 e. The molecule has 0 radical (unpaired) electrons. The van der Waals surface area contributed by atoms with Crippen LogP contribution in [0.15, 0.2) is 77.3 Å². The van der Waals surface area contributed by atoms with Crippen LogP contribution >= 0.6 is 11.6 Å². The zero-order valence-corrected chi connectivity index (χ0v) is 18.6. The second-order valence-corrected chi connectivity index (χ2v) is 7.60. The number of hydrogen-bond donors (Lipinski definition) is 2. The van der Waals surface area contributed by atoms with E-state index in [-0.39, 0.29) is 0 Å². The van der Waals surface area contributed by atoms with E-state index in [1.165, 1.54) is 0 Å². The number of nitrogens with zero attached hydrogens (tertiary/aromatic N) is 2. The predicted molar refractivity (Wildman–Crippen MR) is 135 cm³/mol. The topological polar surface area (TPSA) is 82.4 Å². The molecule has 1 atom stereocenters. The quantitative estimate of drug-likeness (QED) is 0.126. The molecule has 158 valence electrons. The Kier molecular flexibility index (Phi) is 7.47. The highest BCUT2D eigenvalue weighted by Crippen LogP contribution is 2.41. The molecule has 3 aromatic carbocycles. The molecule has 0 fully saturated rings. The molecular formula is C27H22ClN3O. The lowest BCUT2D eigenvalue weighted by Gasteiger charge is -2.12. The van der Waals surface area contributed by atoms with Crippen molar-refractivity contribution < 1.29 is 5.11 Å². The van der Waals surface area contributed by atoms with Crippen LogP contribution in [0.2, 0.25) is 5.02 Å². The summed E-state index contributed by atoms with van der Waals surface area (Å²) in [6.07, 6.45) is 9.95. The summed E-state index contributed by atoms with van der Waals surface area (Å²) in [5.74, 6) is 5.76. The van der Waals surface area contributed by atoms with Gasteiger partial charge in [-0.3, -0.25) is 4.99 Å². The highest BCUT2D eigenvalue weighted by molar-refractivity contribution is 6.32. The van der Waals surface area contributed by atoms with Gasteiger partial charge in [0.2, 0.25) is 0 Å². The third kappa shape index (κ3) is 5.45. The van der Waals surface area contributed by atoms with E-state index in [0.717, 1.165) is 27.1 Å². The van der Waals surface area contributed by atoms with Crippen molar-refractivity contribution in [3.63, 3.8) is 0 Å². The van der Waals surface area contributed by atoms with Crippen LogP contribution in [-0.4, -0.2) is 17.4 Å². The van der Waals surface area contributed by atoms with Crippen LogP contribution in [0.5, 0.6) is 0 Å². The zero-order valence-electron chi connectivity index (χ0n) is 17.8. The Hall–Kier alpha value is -3.83. The van der Waals surface area contributed by atoms with Gasteiger partial charge in [0.1, 0.15) is 6.10 Å². The molecule has 0 aliphatic carbocycles. The maximum atomic E-state index is 9.47.